The van der Waals surface area contributed by atoms with E-state index in [-0.39, 0.29) is 6.71 Å². The molecule has 2 aliphatic heterocycles. The molecule has 0 bridgehead atoms. The van der Waals surface area contributed by atoms with Gasteiger partial charge in [-0.1, -0.05) is 166 Å². The highest BCUT2D eigenvalue weighted by Crippen LogP contribution is 2.49. The lowest BCUT2D eigenvalue weighted by Gasteiger charge is -2.45. The minimum atomic E-state index is 0.119. The number of benzene rings is 7. The lowest BCUT2D eigenvalue weighted by molar-refractivity contribution is 0.444. The van der Waals surface area contributed by atoms with Crippen LogP contribution in [0.5, 0.6) is 0 Å². The number of rotatable bonds is 6. The summed E-state index contributed by atoms with van der Waals surface area (Å²) in [5.74, 6) is 1.24. The van der Waals surface area contributed by atoms with Crippen molar-refractivity contribution in [3.8, 4) is 22.3 Å². The van der Waals surface area contributed by atoms with Crippen LogP contribution < -0.4 is 26.2 Å². The summed E-state index contributed by atoms with van der Waals surface area (Å²) in [5.41, 5.74) is 19.9. The van der Waals surface area contributed by atoms with Crippen LogP contribution >= 0.6 is 0 Å². The Labute approximate surface area is 338 Å². The Hall–Kier alpha value is -5.80. The summed E-state index contributed by atoms with van der Waals surface area (Å²) in [6, 6.07) is 62.3. The fourth-order valence-corrected chi connectivity index (χ4v) is 10.9. The van der Waals surface area contributed by atoms with Gasteiger partial charge in [0.1, 0.15) is 0 Å². The van der Waals surface area contributed by atoms with Gasteiger partial charge in [-0.05, 0) is 113 Å². The molecule has 0 amide bonds. The van der Waals surface area contributed by atoms with Gasteiger partial charge in [0.25, 0.3) is 6.71 Å². The summed E-state index contributed by atoms with van der Waals surface area (Å²) in [4.78, 5) is 5.21. The van der Waals surface area contributed by atoms with Crippen LogP contribution in [0.15, 0.2) is 164 Å². The summed E-state index contributed by atoms with van der Waals surface area (Å²) in [6.07, 6.45) is 13.2. The van der Waals surface area contributed by atoms with E-state index in [1.165, 1.54) is 148 Å². The predicted octanol–water partition coefficient (Wildman–Crippen LogP) is 13.2. The maximum Gasteiger partial charge on any atom is 0.252 e. The van der Waals surface area contributed by atoms with E-state index in [4.69, 9.17) is 0 Å². The number of anilines is 6. The monoisotopic (exact) mass is 736 g/mol. The third-order valence-corrected chi connectivity index (χ3v) is 13.7. The third-order valence-electron chi connectivity index (χ3n) is 13.7. The molecule has 0 spiro atoms. The zero-order valence-corrected chi connectivity index (χ0v) is 32.8. The molecule has 2 aliphatic carbocycles. The van der Waals surface area contributed by atoms with Gasteiger partial charge < -0.3 is 9.80 Å². The molecule has 2 saturated carbocycles. The minimum Gasteiger partial charge on any atom is -0.311 e. The van der Waals surface area contributed by atoms with Gasteiger partial charge >= 0.3 is 0 Å². The molecule has 11 rings (SSSR count). The Bertz CT molecular complexity index is 2390. The Kier molecular flexibility index (Phi) is 8.83. The molecule has 7 aromatic rings. The Morgan fingerprint density at radius 3 is 1.21 bits per heavy atom. The fourth-order valence-electron chi connectivity index (χ4n) is 10.9. The van der Waals surface area contributed by atoms with E-state index in [2.05, 4.69) is 174 Å². The summed E-state index contributed by atoms with van der Waals surface area (Å²) in [5, 5.41) is 0. The molecule has 0 atom stereocenters. The van der Waals surface area contributed by atoms with Crippen LogP contribution in [0.2, 0.25) is 0 Å². The lowest BCUT2D eigenvalue weighted by Crippen LogP contribution is -2.61. The molecule has 2 nitrogen and oxygen atoms in total. The third kappa shape index (κ3) is 5.93. The maximum absolute atomic E-state index is 2.65. The second-order valence-corrected chi connectivity index (χ2v) is 16.9. The second-order valence-electron chi connectivity index (χ2n) is 16.9. The number of hydrogen-bond donors (Lipinski definition) is 0. The van der Waals surface area contributed by atoms with E-state index in [0.717, 1.165) is 0 Å². The van der Waals surface area contributed by atoms with Crippen molar-refractivity contribution in [2.75, 3.05) is 9.80 Å². The maximum atomic E-state index is 2.65. The summed E-state index contributed by atoms with van der Waals surface area (Å²) < 4.78 is 0. The van der Waals surface area contributed by atoms with Gasteiger partial charge in [-0.3, -0.25) is 0 Å². The van der Waals surface area contributed by atoms with Crippen molar-refractivity contribution in [2.45, 2.75) is 76.0 Å². The SMILES string of the molecule is c1ccc(-c2ccccc2N2c3ccc(C4CCCCC4)cc3B3c4cc(C5CCCCC5)ccc4N(c4ccccc4-c4ccccc4)c4cccc2c43)cc1. The molecule has 0 radical (unpaired) electrons. The Morgan fingerprint density at radius 1 is 0.351 bits per heavy atom. The summed E-state index contributed by atoms with van der Waals surface area (Å²) in [7, 11) is 0. The van der Waals surface area contributed by atoms with Crippen LogP contribution in [0.25, 0.3) is 22.3 Å². The number of fused-ring (bicyclic) bond motifs is 4. The molecule has 2 fully saturated rings. The molecule has 7 aromatic carbocycles. The second kappa shape index (κ2) is 14.6. The van der Waals surface area contributed by atoms with E-state index >= 15 is 0 Å². The van der Waals surface area contributed by atoms with Gasteiger partial charge in [0.2, 0.25) is 0 Å². The first-order valence-corrected chi connectivity index (χ1v) is 21.6. The van der Waals surface area contributed by atoms with Crippen LogP contribution in [-0.2, 0) is 0 Å². The zero-order valence-electron chi connectivity index (χ0n) is 32.8. The lowest BCUT2D eigenvalue weighted by atomic mass is 9.33. The molecule has 0 saturated heterocycles. The van der Waals surface area contributed by atoms with Crippen LogP contribution in [0.4, 0.5) is 34.1 Å². The molecule has 278 valence electrons. The summed E-state index contributed by atoms with van der Waals surface area (Å²) in [6.45, 7) is 0.119. The average molecular weight is 737 g/mol. The fraction of sp³-hybridized carbons (Fsp3) is 0.222. The smallest absolute Gasteiger partial charge is 0.252 e. The molecule has 0 aromatic heterocycles. The van der Waals surface area contributed by atoms with E-state index in [1.807, 2.05) is 0 Å². The highest BCUT2D eigenvalue weighted by molar-refractivity contribution is 7.00. The van der Waals surface area contributed by atoms with E-state index in [1.54, 1.807) is 0 Å². The van der Waals surface area contributed by atoms with Crippen LogP contribution in [0, 0.1) is 0 Å². The van der Waals surface area contributed by atoms with Crippen molar-refractivity contribution < 1.29 is 0 Å². The van der Waals surface area contributed by atoms with Crippen molar-refractivity contribution in [3.63, 3.8) is 0 Å². The van der Waals surface area contributed by atoms with Crippen molar-refractivity contribution in [3.05, 3.63) is 175 Å². The van der Waals surface area contributed by atoms with Gasteiger partial charge in [-0.25, -0.2) is 0 Å². The first-order chi connectivity index (χ1) is 28.3. The number of para-hydroxylation sites is 2. The molecular formula is C54H49BN2. The standard InChI is InChI=1S/C54H49BN2/c1-5-18-38(19-6-1)42-32-34-50-46(36-42)55-47-37-43(39-20-7-2-8-21-39)33-35-51(47)57(49-29-16-14-27-45(49)41-24-11-4-12-25-41)53-31-17-30-52(54(53)55)56(50)48-28-15-13-26-44(48)40-22-9-3-10-23-40/h3-4,9-17,22-39H,1-2,5-8,18-21H2. The molecule has 57 heavy (non-hydrogen) atoms. The molecule has 0 unspecified atom stereocenters. The molecule has 0 N–H and O–H groups in total. The topological polar surface area (TPSA) is 6.48 Å². The van der Waals surface area contributed by atoms with Crippen molar-refractivity contribution in [1.29, 1.82) is 0 Å². The highest BCUT2D eigenvalue weighted by Gasteiger charge is 2.44. The zero-order chi connectivity index (χ0) is 37.7. The Balaban J connectivity index is 1.20. The van der Waals surface area contributed by atoms with Gasteiger partial charge in [-0.2, -0.15) is 0 Å². The van der Waals surface area contributed by atoms with Crippen molar-refractivity contribution in [2.24, 2.45) is 0 Å². The summed E-state index contributed by atoms with van der Waals surface area (Å²) >= 11 is 0. The highest BCUT2D eigenvalue weighted by atomic mass is 15.2. The largest absolute Gasteiger partial charge is 0.311 e. The van der Waals surface area contributed by atoms with Gasteiger partial charge in [0.05, 0.1) is 11.4 Å². The van der Waals surface area contributed by atoms with Crippen LogP contribution in [0.3, 0.4) is 0 Å². The predicted molar refractivity (Wildman–Crippen MR) is 243 cm³/mol. The Morgan fingerprint density at radius 2 is 0.754 bits per heavy atom. The molecule has 3 heteroatoms. The minimum absolute atomic E-state index is 0.119. The van der Waals surface area contributed by atoms with Gasteiger partial charge in [0.15, 0.2) is 0 Å². The van der Waals surface area contributed by atoms with E-state index in [0.29, 0.717) is 11.8 Å². The normalized spacial score (nSPS) is 16.5. The van der Waals surface area contributed by atoms with Crippen molar-refractivity contribution in [1.82, 2.24) is 0 Å². The van der Waals surface area contributed by atoms with E-state index in [9.17, 15) is 0 Å². The van der Waals surface area contributed by atoms with Crippen molar-refractivity contribution >= 4 is 57.2 Å². The van der Waals surface area contributed by atoms with Gasteiger partial charge in [0, 0.05) is 33.9 Å². The molecule has 4 aliphatic rings. The molecule has 2 heterocycles. The number of hydrogen-bond acceptors (Lipinski definition) is 2. The first kappa shape index (κ1) is 34.5. The van der Waals surface area contributed by atoms with Crippen LogP contribution in [-0.4, -0.2) is 6.71 Å². The first-order valence-electron chi connectivity index (χ1n) is 21.6. The van der Waals surface area contributed by atoms with Gasteiger partial charge in [-0.15, -0.1) is 0 Å². The number of nitrogens with zero attached hydrogens (tertiary/aromatic N) is 2. The average Bonchev–Trinajstić information content (AvgIpc) is 3.30. The van der Waals surface area contributed by atoms with E-state index < -0.39 is 0 Å². The quantitative estimate of drug-likeness (QED) is 0.157. The molecular weight excluding hydrogens is 687 g/mol. The van der Waals surface area contributed by atoms with Crippen LogP contribution in [0.1, 0.15) is 87.2 Å².